The molecule has 0 unspecified atom stereocenters. The number of aliphatic carboxylic acids is 1. The fourth-order valence-corrected chi connectivity index (χ4v) is 3.63. The Labute approximate surface area is 119 Å². The number of carboxylic acids is 1. The lowest BCUT2D eigenvalue weighted by atomic mass is 10.0. The van der Waals surface area contributed by atoms with Crippen LogP contribution in [0.3, 0.4) is 0 Å². The van der Waals surface area contributed by atoms with E-state index in [1.165, 1.54) is 18.7 Å². The summed E-state index contributed by atoms with van der Waals surface area (Å²) in [5, 5.41) is 13.9. The fraction of sp³-hybridized carbons (Fsp3) is 0.231. The molecule has 0 fully saturated rings. The highest BCUT2D eigenvalue weighted by molar-refractivity contribution is 8.04. The van der Waals surface area contributed by atoms with Gasteiger partial charge in [-0.05, 0) is 11.5 Å². The van der Waals surface area contributed by atoms with E-state index in [-0.39, 0.29) is 11.5 Å². The molecule has 1 amide bonds. The number of hydrogen-bond acceptors (Lipinski definition) is 4. The highest BCUT2D eigenvalue weighted by atomic mass is 32.2. The number of carboxylic acid groups (broad SMARTS) is 1. The normalized spacial score (nSPS) is 18.8. The second-order valence-electron chi connectivity index (χ2n) is 3.95. The van der Waals surface area contributed by atoms with E-state index in [1.807, 2.05) is 23.6 Å². The molecule has 0 aliphatic carbocycles. The van der Waals surface area contributed by atoms with Crippen LogP contribution in [-0.4, -0.2) is 28.5 Å². The summed E-state index contributed by atoms with van der Waals surface area (Å²) in [7, 11) is 0. The lowest BCUT2D eigenvalue weighted by Crippen LogP contribution is -2.26. The van der Waals surface area contributed by atoms with Crippen LogP contribution in [0.4, 0.5) is 0 Å². The summed E-state index contributed by atoms with van der Waals surface area (Å²) in [6, 6.07) is 0. The van der Waals surface area contributed by atoms with E-state index < -0.39 is 5.97 Å². The van der Waals surface area contributed by atoms with Crippen LogP contribution in [0, 0.1) is 0 Å². The molecule has 0 aromatic carbocycles. The van der Waals surface area contributed by atoms with Crippen molar-refractivity contribution in [3.63, 3.8) is 0 Å². The van der Waals surface area contributed by atoms with E-state index in [2.05, 4.69) is 5.32 Å². The zero-order chi connectivity index (χ0) is 13.8. The minimum absolute atomic E-state index is 0.197. The van der Waals surface area contributed by atoms with Crippen molar-refractivity contribution >= 4 is 35.4 Å². The molecular formula is C13H13NO3S2. The number of hydrogen-bond donors (Lipinski definition) is 2. The molecular weight excluding hydrogens is 282 g/mol. The predicted molar refractivity (Wildman–Crippen MR) is 78.7 cm³/mol. The van der Waals surface area contributed by atoms with Crippen LogP contribution in [0.5, 0.6) is 0 Å². The third-order valence-electron chi connectivity index (χ3n) is 2.52. The van der Waals surface area contributed by atoms with Crippen molar-refractivity contribution < 1.29 is 14.7 Å². The van der Waals surface area contributed by atoms with Gasteiger partial charge in [-0.15, -0.1) is 23.5 Å². The van der Waals surface area contributed by atoms with E-state index in [0.717, 1.165) is 10.7 Å². The van der Waals surface area contributed by atoms with Gasteiger partial charge in [-0.2, -0.15) is 0 Å². The SMILES string of the molecule is CC(=O)NC1=C(C(=O)O)C(C2=CC=CCS2)=CSC1. The molecule has 2 heterocycles. The second-order valence-corrected chi connectivity index (χ2v) is 5.87. The summed E-state index contributed by atoms with van der Waals surface area (Å²) < 4.78 is 0. The molecule has 0 aromatic rings. The van der Waals surface area contributed by atoms with Gasteiger partial charge in [-0.1, -0.05) is 12.2 Å². The van der Waals surface area contributed by atoms with Crippen molar-refractivity contribution in [1.82, 2.24) is 5.32 Å². The Balaban J connectivity index is 2.41. The van der Waals surface area contributed by atoms with Gasteiger partial charge in [-0.3, -0.25) is 4.79 Å². The number of allylic oxidation sites excluding steroid dienone is 3. The molecule has 0 aromatic heterocycles. The van der Waals surface area contributed by atoms with Gasteiger partial charge in [0, 0.05) is 34.6 Å². The summed E-state index contributed by atoms with van der Waals surface area (Å²) in [5.74, 6) is 0.0430. The van der Waals surface area contributed by atoms with Crippen molar-refractivity contribution in [2.75, 3.05) is 11.5 Å². The molecule has 19 heavy (non-hydrogen) atoms. The molecule has 2 aliphatic heterocycles. The van der Waals surface area contributed by atoms with Gasteiger partial charge < -0.3 is 10.4 Å². The number of amides is 1. The van der Waals surface area contributed by atoms with E-state index in [1.54, 1.807) is 11.8 Å². The van der Waals surface area contributed by atoms with Crippen molar-refractivity contribution in [2.24, 2.45) is 0 Å². The maximum atomic E-state index is 11.5. The molecule has 6 heteroatoms. The first-order valence-corrected chi connectivity index (χ1v) is 7.69. The van der Waals surface area contributed by atoms with Crippen LogP contribution < -0.4 is 5.32 Å². The minimum Gasteiger partial charge on any atom is -0.478 e. The first-order chi connectivity index (χ1) is 9.09. The van der Waals surface area contributed by atoms with E-state index >= 15 is 0 Å². The van der Waals surface area contributed by atoms with Crippen molar-refractivity contribution in [2.45, 2.75) is 6.92 Å². The van der Waals surface area contributed by atoms with Crippen molar-refractivity contribution in [3.05, 3.63) is 45.4 Å². The molecule has 2 rings (SSSR count). The minimum atomic E-state index is -1.01. The maximum Gasteiger partial charge on any atom is 0.338 e. The predicted octanol–water partition coefficient (Wildman–Crippen LogP) is 2.28. The highest BCUT2D eigenvalue weighted by Gasteiger charge is 2.26. The number of carbonyl (C=O) groups excluding carboxylic acids is 1. The first-order valence-electron chi connectivity index (χ1n) is 5.65. The molecule has 0 bridgehead atoms. The summed E-state index contributed by atoms with van der Waals surface area (Å²) in [6.45, 7) is 1.38. The van der Waals surface area contributed by atoms with Crippen molar-refractivity contribution in [1.29, 1.82) is 0 Å². The zero-order valence-corrected chi connectivity index (χ0v) is 11.9. The molecule has 0 saturated heterocycles. The van der Waals surface area contributed by atoms with E-state index in [0.29, 0.717) is 17.0 Å². The van der Waals surface area contributed by atoms with E-state index in [4.69, 9.17) is 0 Å². The van der Waals surface area contributed by atoms with Crippen LogP contribution >= 0.6 is 23.5 Å². The number of carbonyl (C=O) groups is 2. The molecule has 100 valence electrons. The van der Waals surface area contributed by atoms with Gasteiger partial charge in [0.25, 0.3) is 0 Å². The van der Waals surface area contributed by atoms with Crippen LogP contribution in [0.15, 0.2) is 45.4 Å². The first kappa shape index (κ1) is 14.0. The largest absolute Gasteiger partial charge is 0.478 e. The van der Waals surface area contributed by atoms with Gasteiger partial charge in [0.05, 0.1) is 5.57 Å². The average molecular weight is 295 g/mol. The number of rotatable bonds is 3. The lowest BCUT2D eigenvalue weighted by Gasteiger charge is -2.21. The third-order valence-corrected chi connectivity index (χ3v) is 4.41. The standard InChI is InChI=1S/C13H13NO3S2/c1-8(15)14-10-7-18-6-9(12(10)13(16)17)11-4-2-3-5-19-11/h2-4,6H,5,7H2,1H3,(H,14,15)(H,16,17). The van der Waals surface area contributed by atoms with Gasteiger partial charge >= 0.3 is 5.97 Å². The van der Waals surface area contributed by atoms with Gasteiger partial charge in [0.15, 0.2) is 0 Å². The smallest absolute Gasteiger partial charge is 0.338 e. The molecule has 2 aliphatic rings. The molecule has 4 nitrogen and oxygen atoms in total. The van der Waals surface area contributed by atoms with Crippen LogP contribution in [0.1, 0.15) is 6.92 Å². The molecule has 0 saturated carbocycles. The van der Waals surface area contributed by atoms with Crippen LogP contribution in [0.25, 0.3) is 0 Å². The molecule has 0 spiro atoms. The average Bonchev–Trinajstić information content (AvgIpc) is 2.38. The summed E-state index contributed by atoms with van der Waals surface area (Å²) in [4.78, 5) is 23.6. The van der Waals surface area contributed by atoms with Gasteiger partial charge in [0.1, 0.15) is 0 Å². The number of nitrogens with one attached hydrogen (secondary N) is 1. The highest BCUT2D eigenvalue weighted by Crippen LogP contribution is 2.37. The van der Waals surface area contributed by atoms with Crippen molar-refractivity contribution in [3.8, 4) is 0 Å². The van der Waals surface area contributed by atoms with Crippen LogP contribution in [-0.2, 0) is 9.59 Å². The Hall–Kier alpha value is -1.40. The summed E-state index contributed by atoms with van der Waals surface area (Å²) in [6.07, 6.45) is 5.84. The summed E-state index contributed by atoms with van der Waals surface area (Å²) >= 11 is 3.09. The molecule has 0 radical (unpaired) electrons. The monoisotopic (exact) mass is 295 g/mol. The Bertz CT molecular complexity index is 544. The van der Waals surface area contributed by atoms with Gasteiger partial charge in [-0.25, -0.2) is 4.79 Å². The van der Waals surface area contributed by atoms with Gasteiger partial charge in [0.2, 0.25) is 5.91 Å². The Morgan fingerprint density at radius 1 is 1.42 bits per heavy atom. The summed E-state index contributed by atoms with van der Waals surface area (Å²) in [5.41, 5.74) is 1.35. The fourth-order valence-electron chi connectivity index (χ4n) is 1.80. The Kier molecular flexibility index (Phi) is 4.55. The Morgan fingerprint density at radius 2 is 2.21 bits per heavy atom. The quantitative estimate of drug-likeness (QED) is 0.836. The molecule has 2 N–H and O–H groups in total. The molecule has 0 atom stereocenters. The maximum absolute atomic E-state index is 11.5. The second kappa shape index (κ2) is 6.16. The van der Waals surface area contributed by atoms with Crippen LogP contribution in [0.2, 0.25) is 0 Å². The Morgan fingerprint density at radius 3 is 2.79 bits per heavy atom. The number of thioether (sulfide) groups is 2. The topological polar surface area (TPSA) is 66.4 Å². The third kappa shape index (κ3) is 3.33. The van der Waals surface area contributed by atoms with E-state index in [9.17, 15) is 14.7 Å². The lowest BCUT2D eigenvalue weighted by molar-refractivity contribution is -0.132. The zero-order valence-electron chi connectivity index (χ0n) is 10.3.